The van der Waals surface area contributed by atoms with Gasteiger partial charge >= 0.3 is 5.97 Å². The molecule has 0 aromatic carbocycles. The molecule has 2 aliphatic heterocycles. The molecule has 1 N–H and O–H groups in total. The summed E-state index contributed by atoms with van der Waals surface area (Å²) >= 11 is 0. The SMILES string of the molecule is O=C(O)CCN1CC(=O)N2CCCCC2C1=O. The van der Waals surface area contributed by atoms with Crippen LogP contribution in [0.1, 0.15) is 25.7 Å². The van der Waals surface area contributed by atoms with Crippen LogP contribution in [0.15, 0.2) is 0 Å². The van der Waals surface area contributed by atoms with Crippen molar-refractivity contribution in [3.8, 4) is 0 Å². The molecular formula is C11H16N2O4. The fourth-order valence-corrected chi connectivity index (χ4v) is 2.45. The van der Waals surface area contributed by atoms with E-state index in [0.29, 0.717) is 13.0 Å². The summed E-state index contributed by atoms with van der Waals surface area (Å²) in [5.74, 6) is -1.10. The Hall–Kier alpha value is -1.59. The van der Waals surface area contributed by atoms with E-state index in [0.717, 1.165) is 12.8 Å². The summed E-state index contributed by atoms with van der Waals surface area (Å²) in [6.45, 7) is 0.814. The third-order valence-electron chi connectivity index (χ3n) is 3.34. The van der Waals surface area contributed by atoms with Crippen molar-refractivity contribution >= 4 is 17.8 Å². The molecule has 2 fully saturated rings. The third kappa shape index (κ3) is 2.40. The van der Waals surface area contributed by atoms with E-state index in [9.17, 15) is 14.4 Å². The van der Waals surface area contributed by atoms with Crippen LogP contribution in [-0.4, -0.2) is 58.4 Å². The number of hydrogen-bond acceptors (Lipinski definition) is 3. The Morgan fingerprint density at radius 1 is 1.35 bits per heavy atom. The summed E-state index contributed by atoms with van der Waals surface area (Å²) in [5.41, 5.74) is 0. The van der Waals surface area contributed by atoms with Crippen LogP contribution < -0.4 is 0 Å². The number of hydrogen-bond donors (Lipinski definition) is 1. The fraction of sp³-hybridized carbons (Fsp3) is 0.727. The summed E-state index contributed by atoms with van der Waals surface area (Å²) in [7, 11) is 0. The number of piperazine rings is 1. The second-order valence-electron chi connectivity index (χ2n) is 4.50. The molecule has 0 aliphatic carbocycles. The first-order valence-corrected chi connectivity index (χ1v) is 5.89. The van der Waals surface area contributed by atoms with E-state index in [1.807, 2.05) is 0 Å². The first kappa shape index (κ1) is 11.9. The highest BCUT2D eigenvalue weighted by molar-refractivity contribution is 5.95. The van der Waals surface area contributed by atoms with E-state index in [-0.39, 0.29) is 37.4 Å². The lowest BCUT2D eigenvalue weighted by molar-refractivity contribution is -0.158. The Bertz CT molecular complexity index is 355. The number of carbonyl (C=O) groups excluding carboxylic acids is 2. The van der Waals surface area contributed by atoms with Crippen molar-refractivity contribution in [3.63, 3.8) is 0 Å². The van der Waals surface area contributed by atoms with Crippen LogP contribution in [0.4, 0.5) is 0 Å². The molecule has 2 aliphatic rings. The second kappa shape index (κ2) is 4.73. The maximum Gasteiger partial charge on any atom is 0.305 e. The van der Waals surface area contributed by atoms with Crippen LogP contribution in [0.2, 0.25) is 0 Å². The van der Waals surface area contributed by atoms with Gasteiger partial charge in [-0.1, -0.05) is 0 Å². The maximum atomic E-state index is 12.1. The highest BCUT2D eigenvalue weighted by Gasteiger charge is 2.40. The highest BCUT2D eigenvalue weighted by Crippen LogP contribution is 2.23. The van der Waals surface area contributed by atoms with Gasteiger partial charge in [0.15, 0.2) is 0 Å². The maximum absolute atomic E-state index is 12.1. The van der Waals surface area contributed by atoms with E-state index in [1.54, 1.807) is 4.90 Å². The average molecular weight is 240 g/mol. The molecule has 17 heavy (non-hydrogen) atoms. The van der Waals surface area contributed by atoms with Gasteiger partial charge in [-0.3, -0.25) is 14.4 Å². The lowest BCUT2D eigenvalue weighted by Crippen LogP contribution is -2.61. The molecule has 2 heterocycles. The quantitative estimate of drug-likeness (QED) is 0.733. The molecule has 0 aromatic rings. The van der Waals surface area contributed by atoms with E-state index < -0.39 is 5.97 Å². The number of nitrogens with zero attached hydrogens (tertiary/aromatic N) is 2. The normalized spacial score (nSPS) is 24.8. The molecule has 1 unspecified atom stereocenters. The largest absolute Gasteiger partial charge is 0.481 e. The Labute approximate surface area is 99.2 Å². The van der Waals surface area contributed by atoms with Crippen molar-refractivity contribution in [2.45, 2.75) is 31.7 Å². The van der Waals surface area contributed by atoms with Crippen molar-refractivity contribution < 1.29 is 19.5 Å². The highest BCUT2D eigenvalue weighted by atomic mass is 16.4. The topological polar surface area (TPSA) is 77.9 Å². The van der Waals surface area contributed by atoms with Crippen LogP contribution in [0.3, 0.4) is 0 Å². The van der Waals surface area contributed by atoms with Gasteiger partial charge in [-0.15, -0.1) is 0 Å². The Morgan fingerprint density at radius 2 is 2.12 bits per heavy atom. The molecule has 0 radical (unpaired) electrons. The fourth-order valence-electron chi connectivity index (χ4n) is 2.45. The molecule has 1 atom stereocenters. The summed E-state index contributed by atoms with van der Waals surface area (Å²) in [4.78, 5) is 37.4. The van der Waals surface area contributed by atoms with Crippen LogP contribution in [-0.2, 0) is 14.4 Å². The first-order chi connectivity index (χ1) is 8.09. The lowest BCUT2D eigenvalue weighted by atomic mass is 9.98. The number of amides is 2. The molecular weight excluding hydrogens is 224 g/mol. The standard InChI is InChI=1S/C11H16N2O4/c14-9-7-12(6-4-10(15)16)11(17)8-3-1-2-5-13(8)9/h8H,1-7H2,(H,15,16). The monoisotopic (exact) mass is 240 g/mol. The van der Waals surface area contributed by atoms with Gasteiger partial charge in [0.1, 0.15) is 6.04 Å². The second-order valence-corrected chi connectivity index (χ2v) is 4.50. The van der Waals surface area contributed by atoms with Gasteiger partial charge < -0.3 is 14.9 Å². The molecule has 2 amide bonds. The smallest absolute Gasteiger partial charge is 0.305 e. The Kier molecular flexibility index (Phi) is 3.31. The zero-order chi connectivity index (χ0) is 12.4. The van der Waals surface area contributed by atoms with Crippen molar-refractivity contribution in [2.75, 3.05) is 19.6 Å². The molecule has 0 aromatic heterocycles. The molecule has 94 valence electrons. The minimum absolute atomic E-state index is 0.0304. The molecule has 6 nitrogen and oxygen atoms in total. The van der Waals surface area contributed by atoms with Crippen LogP contribution in [0.5, 0.6) is 0 Å². The van der Waals surface area contributed by atoms with E-state index in [2.05, 4.69) is 0 Å². The number of piperidine rings is 1. The number of carboxylic acid groups (broad SMARTS) is 1. The molecule has 2 saturated heterocycles. The molecule has 0 saturated carbocycles. The zero-order valence-electron chi connectivity index (χ0n) is 9.59. The zero-order valence-corrected chi connectivity index (χ0v) is 9.59. The van der Waals surface area contributed by atoms with Crippen LogP contribution in [0.25, 0.3) is 0 Å². The minimum Gasteiger partial charge on any atom is -0.481 e. The van der Waals surface area contributed by atoms with Gasteiger partial charge in [-0.05, 0) is 19.3 Å². The Balaban J connectivity index is 2.03. The van der Waals surface area contributed by atoms with Crippen LogP contribution >= 0.6 is 0 Å². The van der Waals surface area contributed by atoms with Gasteiger partial charge in [0, 0.05) is 13.1 Å². The first-order valence-electron chi connectivity index (χ1n) is 5.89. The number of fused-ring (bicyclic) bond motifs is 1. The average Bonchev–Trinajstić information content (AvgIpc) is 2.32. The summed E-state index contributed by atoms with van der Waals surface area (Å²) < 4.78 is 0. The van der Waals surface area contributed by atoms with Crippen molar-refractivity contribution in [1.82, 2.24) is 9.80 Å². The van der Waals surface area contributed by atoms with Crippen LogP contribution in [0, 0.1) is 0 Å². The lowest BCUT2D eigenvalue weighted by Gasteiger charge is -2.42. The van der Waals surface area contributed by atoms with E-state index in [4.69, 9.17) is 5.11 Å². The van der Waals surface area contributed by atoms with Gasteiger partial charge in [0.25, 0.3) is 0 Å². The van der Waals surface area contributed by atoms with Crippen molar-refractivity contribution in [1.29, 1.82) is 0 Å². The van der Waals surface area contributed by atoms with Gasteiger partial charge in [-0.2, -0.15) is 0 Å². The number of carboxylic acids is 1. The van der Waals surface area contributed by atoms with E-state index >= 15 is 0 Å². The van der Waals surface area contributed by atoms with Crippen molar-refractivity contribution in [3.05, 3.63) is 0 Å². The summed E-state index contributed by atoms with van der Waals surface area (Å²) in [6.07, 6.45) is 2.50. The number of carbonyl (C=O) groups is 3. The summed E-state index contributed by atoms with van der Waals surface area (Å²) in [6, 6.07) is -0.348. The Morgan fingerprint density at radius 3 is 2.82 bits per heavy atom. The van der Waals surface area contributed by atoms with Crippen molar-refractivity contribution in [2.24, 2.45) is 0 Å². The number of aliphatic carboxylic acids is 1. The molecule has 6 heteroatoms. The van der Waals surface area contributed by atoms with Gasteiger partial charge in [-0.25, -0.2) is 0 Å². The van der Waals surface area contributed by atoms with E-state index in [1.165, 1.54) is 4.90 Å². The predicted molar refractivity (Wildman–Crippen MR) is 58.2 cm³/mol. The molecule has 2 rings (SSSR count). The minimum atomic E-state index is -0.948. The molecule has 0 spiro atoms. The van der Waals surface area contributed by atoms with Gasteiger partial charge in [0.05, 0.1) is 13.0 Å². The summed E-state index contributed by atoms with van der Waals surface area (Å²) in [5, 5.41) is 8.60. The number of rotatable bonds is 3. The van der Waals surface area contributed by atoms with Gasteiger partial charge in [0.2, 0.25) is 11.8 Å². The third-order valence-corrected chi connectivity index (χ3v) is 3.34. The predicted octanol–water partition coefficient (Wildman–Crippen LogP) is -0.316. The molecule has 0 bridgehead atoms.